The fourth-order valence-electron chi connectivity index (χ4n) is 1.97. The smallest absolute Gasteiger partial charge is 0.268 e. The van der Waals surface area contributed by atoms with Gasteiger partial charge < -0.3 is 5.11 Å². The van der Waals surface area contributed by atoms with Gasteiger partial charge in [-0.1, -0.05) is 11.6 Å². The molecular weight excluding hydrogens is 236 g/mol. The van der Waals surface area contributed by atoms with Crippen LogP contribution in [0.2, 0.25) is 5.15 Å². The summed E-state index contributed by atoms with van der Waals surface area (Å²) in [4.78, 5) is 4.09. The van der Waals surface area contributed by atoms with Gasteiger partial charge in [0.2, 0.25) is 0 Å². The van der Waals surface area contributed by atoms with E-state index in [2.05, 4.69) is 4.98 Å². The first-order valence-corrected chi connectivity index (χ1v) is 5.62. The Balaban J connectivity index is 2.39. The maximum Gasteiger partial charge on any atom is 0.268 e. The average molecular weight is 248 g/mol. The van der Waals surface area contributed by atoms with E-state index < -0.39 is 12.5 Å². The Morgan fingerprint density at radius 1 is 1.31 bits per heavy atom. The van der Waals surface area contributed by atoms with Crippen molar-refractivity contribution in [3.8, 4) is 0 Å². The third kappa shape index (κ3) is 2.18. The third-order valence-electron chi connectivity index (χ3n) is 2.84. The van der Waals surface area contributed by atoms with Crippen LogP contribution in [-0.4, -0.2) is 16.5 Å². The summed E-state index contributed by atoms with van der Waals surface area (Å²) in [6.45, 7) is 0. The molecule has 1 heterocycles. The van der Waals surface area contributed by atoms with Gasteiger partial charge in [-0.2, -0.15) is 0 Å². The largest absolute Gasteiger partial charge is 0.382 e. The maximum atomic E-state index is 12.4. The number of nitrogens with zero attached hydrogens (tertiary/aromatic N) is 1. The van der Waals surface area contributed by atoms with E-state index in [0.29, 0.717) is 0 Å². The highest BCUT2D eigenvalue weighted by molar-refractivity contribution is 6.30. The van der Waals surface area contributed by atoms with Crippen LogP contribution in [-0.2, 0) is 12.8 Å². The zero-order valence-electron chi connectivity index (χ0n) is 8.59. The van der Waals surface area contributed by atoms with Crippen LogP contribution in [0.3, 0.4) is 0 Å². The van der Waals surface area contributed by atoms with Crippen LogP contribution in [0.4, 0.5) is 8.78 Å². The molecule has 0 aromatic carbocycles. The van der Waals surface area contributed by atoms with E-state index in [9.17, 15) is 13.9 Å². The molecule has 1 atom stereocenters. The summed E-state index contributed by atoms with van der Waals surface area (Å²) < 4.78 is 24.8. The van der Waals surface area contributed by atoms with E-state index >= 15 is 0 Å². The summed E-state index contributed by atoms with van der Waals surface area (Å²) >= 11 is 5.80. The van der Waals surface area contributed by atoms with Gasteiger partial charge in [-0.3, -0.25) is 0 Å². The van der Waals surface area contributed by atoms with Crippen LogP contribution < -0.4 is 0 Å². The van der Waals surface area contributed by atoms with Gasteiger partial charge in [-0.15, -0.1) is 0 Å². The molecule has 0 amide bonds. The zero-order chi connectivity index (χ0) is 11.7. The molecule has 0 aliphatic heterocycles. The highest BCUT2D eigenvalue weighted by atomic mass is 35.5. The van der Waals surface area contributed by atoms with Crippen molar-refractivity contribution in [2.75, 3.05) is 0 Å². The molecular formula is C11H12ClF2NO. The number of hydrogen-bond acceptors (Lipinski definition) is 2. The molecule has 1 aromatic rings. The quantitative estimate of drug-likeness (QED) is 0.816. The number of aliphatic hydroxyl groups is 1. The van der Waals surface area contributed by atoms with Crippen molar-refractivity contribution >= 4 is 11.6 Å². The number of rotatable bonds is 2. The molecule has 16 heavy (non-hydrogen) atoms. The van der Waals surface area contributed by atoms with Crippen LogP contribution in [0, 0.1) is 0 Å². The van der Waals surface area contributed by atoms with E-state index in [1.807, 2.05) is 0 Å². The monoisotopic (exact) mass is 247 g/mol. The number of aliphatic hydroxyl groups excluding tert-OH is 1. The van der Waals surface area contributed by atoms with Crippen molar-refractivity contribution in [1.29, 1.82) is 0 Å². The molecule has 2 rings (SSSR count). The number of hydrogen-bond donors (Lipinski definition) is 1. The molecule has 0 saturated heterocycles. The van der Waals surface area contributed by atoms with E-state index in [0.717, 1.165) is 36.9 Å². The van der Waals surface area contributed by atoms with Crippen molar-refractivity contribution in [2.45, 2.75) is 38.2 Å². The molecule has 1 N–H and O–H groups in total. The summed E-state index contributed by atoms with van der Waals surface area (Å²) in [7, 11) is 0. The molecule has 88 valence electrons. The lowest BCUT2D eigenvalue weighted by atomic mass is 9.94. The van der Waals surface area contributed by atoms with Crippen LogP contribution in [0.25, 0.3) is 0 Å². The van der Waals surface area contributed by atoms with Gasteiger partial charge in [-0.05, 0) is 37.3 Å². The van der Waals surface area contributed by atoms with Crippen LogP contribution in [0.15, 0.2) is 6.07 Å². The molecule has 2 nitrogen and oxygen atoms in total. The van der Waals surface area contributed by atoms with Gasteiger partial charge in [0.15, 0.2) is 0 Å². The Morgan fingerprint density at radius 3 is 2.69 bits per heavy atom. The minimum absolute atomic E-state index is 0.00606. The Bertz CT molecular complexity index is 398. The first-order valence-electron chi connectivity index (χ1n) is 5.24. The Hall–Kier alpha value is -0.740. The van der Waals surface area contributed by atoms with E-state index in [1.54, 1.807) is 6.07 Å². The molecule has 0 spiro atoms. The van der Waals surface area contributed by atoms with Gasteiger partial charge in [-0.25, -0.2) is 13.8 Å². The van der Waals surface area contributed by atoms with Gasteiger partial charge in [0, 0.05) is 11.3 Å². The Morgan fingerprint density at radius 2 is 2.00 bits per heavy atom. The molecule has 5 heteroatoms. The van der Waals surface area contributed by atoms with Crippen molar-refractivity contribution in [3.63, 3.8) is 0 Å². The summed E-state index contributed by atoms with van der Waals surface area (Å²) in [5.74, 6) is 0. The SMILES string of the molecule is OC(c1cc2c(nc1Cl)CCCC2)C(F)F. The van der Waals surface area contributed by atoms with E-state index in [4.69, 9.17) is 11.6 Å². The predicted octanol–water partition coefficient (Wildman–Crippen LogP) is 2.91. The second-order valence-electron chi connectivity index (χ2n) is 3.96. The second-order valence-corrected chi connectivity index (χ2v) is 4.32. The van der Waals surface area contributed by atoms with Crippen LogP contribution >= 0.6 is 11.6 Å². The third-order valence-corrected chi connectivity index (χ3v) is 3.14. The second kappa shape index (κ2) is 4.63. The van der Waals surface area contributed by atoms with Crippen molar-refractivity contribution in [1.82, 2.24) is 4.98 Å². The number of alkyl halides is 2. The van der Waals surface area contributed by atoms with Gasteiger partial charge >= 0.3 is 0 Å². The molecule has 0 radical (unpaired) electrons. The highest BCUT2D eigenvalue weighted by Crippen LogP contribution is 2.30. The van der Waals surface area contributed by atoms with Crippen molar-refractivity contribution in [2.24, 2.45) is 0 Å². The standard InChI is InChI=1S/C11H12ClF2NO/c12-10-7(9(16)11(13)14)5-6-3-1-2-4-8(6)15-10/h5,9,11,16H,1-4H2. The topological polar surface area (TPSA) is 33.1 Å². The van der Waals surface area contributed by atoms with Crippen molar-refractivity contribution < 1.29 is 13.9 Å². The van der Waals surface area contributed by atoms with Crippen molar-refractivity contribution in [3.05, 3.63) is 28.0 Å². The minimum atomic E-state index is -2.83. The van der Waals surface area contributed by atoms with E-state index in [1.165, 1.54) is 0 Å². The number of fused-ring (bicyclic) bond motifs is 1. The molecule has 0 fully saturated rings. The lowest BCUT2D eigenvalue weighted by Gasteiger charge is -2.18. The normalized spacial score (nSPS) is 17.3. The molecule has 0 saturated carbocycles. The van der Waals surface area contributed by atoms with Crippen LogP contribution in [0.1, 0.15) is 35.8 Å². The van der Waals surface area contributed by atoms with Gasteiger partial charge in [0.05, 0.1) is 0 Å². The summed E-state index contributed by atoms with van der Waals surface area (Å²) in [5.41, 5.74) is 1.85. The van der Waals surface area contributed by atoms with Crippen LogP contribution in [0.5, 0.6) is 0 Å². The fourth-order valence-corrected chi connectivity index (χ4v) is 2.24. The fraction of sp³-hybridized carbons (Fsp3) is 0.545. The number of pyridine rings is 1. The summed E-state index contributed by atoms with van der Waals surface area (Å²) in [6.07, 6.45) is -0.941. The van der Waals surface area contributed by atoms with Gasteiger partial charge in [0.25, 0.3) is 6.43 Å². The predicted molar refractivity (Wildman–Crippen MR) is 56.9 cm³/mol. The molecule has 0 bridgehead atoms. The lowest BCUT2D eigenvalue weighted by Crippen LogP contribution is -2.13. The molecule has 1 aliphatic carbocycles. The summed E-state index contributed by atoms with van der Waals surface area (Å²) in [6, 6.07) is 1.57. The number of aryl methyl sites for hydroxylation is 2. The molecule has 1 unspecified atom stereocenters. The first-order chi connectivity index (χ1) is 7.59. The van der Waals surface area contributed by atoms with E-state index in [-0.39, 0.29) is 10.7 Å². The molecule has 1 aromatic heterocycles. The average Bonchev–Trinajstić information content (AvgIpc) is 2.27. The number of aromatic nitrogens is 1. The Labute approximate surface area is 97.3 Å². The Kier molecular flexibility index (Phi) is 3.40. The first kappa shape index (κ1) is 11.7. The maximum absolute atomic E-state index is 12.4. The number of halogens is 3. The molecule has 1 aliphatic rings. The summed E-state index contributed by atoms with van der Waals surface area (Å²) in [5, 5.41) is 9.30. The lowest BCUT2D eigenvalue weighted by molar-refractivity contribution is -0.00597. The highest BCUT2D eigenvalue weighted by Gasteiger charge is 2.24. The van der Waals surface area contributed by atoms with Gasteiger partial charge in [0.1, 0.15) is 11.3 Å². The minimum Gasteiger partial charge on any atom is -0.382 e. The zero-order valence-corrected chi connectivity index (χ0v) is 9.34.